The Morgan fingerprint density at radius 2 is 1.84 bits per heavy atom. The van der Waals surface area contributed by atoms with Gasteiger partial charge in [0, 0.05) is 6.04 Å². The van der Waals surface area contributed by atoms with Gasteiger partial charge in [0.2, 0.25) is 0 Å². The summed E-state index contributed by atoms with van der Waals surface area (Å²) < 4.78 is 5.82. The zero-order chi connectivity index (χ0) is 22.4. The molecule has 3 heterocycles. The van der Waals surface area contributed by atoms with Gasteiger partial charge in [-0.25, -0.2) is 15.4 Å². The van der Waals surface area contributed by atoms with Crippen molar-refractivity contribution in [2.24, 2.45) is 11.5 Å². The second kappa shape index (κ2) is 11.2. The van der Waals surface area contributed by atoms with E-state index in [-0.39, 0.29) is 6.04 Å². The van der Waals surface area contributed by atoms with E-state index in [0.717, 1.165) is 38.6 Å². The van der Waals surface area contributed by atoms with Crippen LogP contribution < -0.4 is 32.5 Å². The molecule has 11 heteroatoms. The Morgan fingerprint density at radius 1 is 1.10 bits per heavy atom. The van der Waals surface area contributed by atoms with Gasteiger partial charge in [-0.2, -0.15) is 0 Å². The summed E-state index contributed by atoms with van der Waals surface area (Å²) in [4.78, 5) is 10.3. The quantitative estimate of drug-likeness (QED) is 0.235. The highest BCUT2D eigenvalue weighted by Crippen LogP contribution is 2.40. The number of rotatable bonds is 12. The predicted molar refractivity (Wildman–Crippen MR) is 120 cm³/mol. The fraction of sp³-hybridized carbons (Fsp3) is 0.800. The number of nitrogen functional groups attached to an aromatic ring is 1. The van der Waals surface area contributed by atoms with E-state index in [1.54, 1.807) is 6.92 Å². The molecule has 0 bridgehead atoms. The van der Waals surface area contributed by atoms with Gasteiger partial charge in [-0.15, -0.1) is 0 Å². The lowest BCUT2D eigenvalue weighted by Gasteiger charge is -2.30. The molecule has 176 valence electrons. The fourth-order valence-electron chi connectivity index (χ4n) is 4.29. The van der Waals surface area contributed by atoms with Crippen LogP contribution >= 0.6 is 0 Å². The molecule has 1 aromatic rings. The minimum Gasteiger partial charge on any atom is -0.388 e. The first kappa shape index (κ1) is 23.9. The number of aromatic nitrogens is 2. The molecule has 0 amide bonds. The number of ether oxygens (including phenoxy) is 1. The third kappa shape index (κ3) is 5.54. The van der Waals surface area contributed by atoms with Crippen LogP contribution in [0.25, 0.3) is 0 Å². The molecule has 2 aliphatic heterocycles. The van der Waals surface area contributed by atoms with E-state index in [1.807, 2.05) is 9.91 Å². The third-order valence-corrected chi connectivity index (χ3v) is 6.06. The van der Waals surface area contributed by atoms with Crippen molar-refractivity contribution in [2.75, 3.05) is 35.4 Å². The monoisotopic (exact) mass is 438 g/mol. The van der Waals surface area contributed by atoms with E-state index < -0.39 is 24.5 Å². The third-order valence-electron chi connectivity index (χ3n) is 6.06. The molecule has 0 radical (unpaired) electrons. The summed E-state index contributed by atoms with van der Waals surface area (Å²) in [7, 11) is 0. The maximum atomic E-state index is 10.5. The molecule has 1 saturated heterocycles. The van der Waals surface area contributed by atoms with E-state index in [2.05, 4.69) is 15.4 Å². The van der Waals surface area contributed by atoms with Crippen LogP contribution in [-0.2, 0) is 4.74 Å². The highest BCUT2D eigenvalue weighted by molar-refractivity contribution is 5.81. The lowest BCUT2D eigenvalue weighted by Crippen LogP contribution is -2.51. The maximum absolute atomic E-state index is 10.5. The Labute approximate surface area is 183 Å². The average Bonchev–Trinajstić information content (AvgIpc) is 3.24. The highest BCUT2D eigenvalue weighted by Gasteiger charge is 2.47. The van der Waals surface area contributed by atoms with Gasteiger partial charge in [-0.05, 0) is 39.3 Å². The van der Waals surface area contributed by atoms with Gasteiger partial charge in [0.15, 0.2) is 17.9 Å². The molecule has 2 aliphatic rings. The van der Waals surface area contributed by atoms with Gasteiger partial charge in [0.05, 0.1) is 6.10 Å². The number of nitrogens with two attached hydrogens (primary N) is 3. The molecule has 9 N–H and O–H groups in total. The van der Waals surface area contributed by atoms with Crippen LogP contribution in [0.3, 0.4) is 0 Å². The van der Waals surface area contributed by atoms with Gasteiger partial charge < -0.3 is 37.1 Å². The number of fused-ring (bicyclic) bond motifs is 1. The maximum Gasteiger partial charge on any atom is 0.162 e. The van der Waals surface area contributed by atoms with E-state index >= 15 is 0 Å². The smallest absolute Gasteiger partial charge is 0.162 e. The number of hydrazine groups is 1. The van der Waals surface area contributed by atoms with Gasteiger partial charge in [0.25, 0.3) is 0 Å². The molecule has 0 aliphatic carbocycles. The molecule has 3 unspecified atom stereocenters. The van der Waals surface area contributed by atoms with Crippen LogP contribution in [0.2, 0.25) is 0 Å². The van der Waals surface area contributed by atoms with Gasteiger partial charge >= 0.3 is 0 Å². The van der Waals surface area contributed by atoms with Crippen LogP contribution in [0.1, 0.15) is 51.9 Å². The molecular formula is C20H38N8O3. The molecule has 0 saturated carbocycles. The summed E-state index contributed by atoms with van der Waals surface area (Å²) in [5.74, 6) is 0.910. The Kier molecular flexibility index (Phi) is 8.64. The van der Waals surface area contributed by atoms with Crippen molar-refractivity contribution >= 4 is 17.3 Å². The molecular weight excluding hydrogens is 400 g/mol. The number of nitrogens with zero attached hydrogens (tertiary/aromatic N) is 4. The molecule has 11 nitrogen and oxygen atoms in total. The van der Waals surface area contributed by atoms with Crippen molar-refractivity contribution in [3.05, 3.63) is 6.33 Å². The van der Waals surface area contributed by atoms with Crippen molar-refractivity contribution in [1.29, 1.82) is 0 Å². The van der Waals surface area contributed by atoms with Crippen LogP contribution in [0.4, 0.5) is 17.3 Å². The first-order valence-electron chi connectivity index (χ1n) is 11.3. The highest BCUT2D eigenvalue weighted by atomic mass is 16.6. The largest absolute Gasteiger partial charge is 0.388 e. The molecule has 3 rings (SSSR count). The summed E-state index contributed by atoms with van der Waals surface area (Å²) in [5.41, 5.74) is 21.8. The van der Waals surface area contributed by atoms with E-state index in [1.165, 1.54) is 19.2 Å². The molecule has 31 heavy (non-hydrogen) atoms. The van der Waals surface area contributed by atoms with Crippen molar-refractivity contribution < 1.29 is 14.9 Å². The average molecular weight is 439 g/mol. The SMILES string of the molecule is C[C@H]1O[C@@H](N2CN(NC(CCN)CCCCCCCN)c3c(N)ncnc32)C(O)C1O. The van der Waals surface area contributed by atoms with Crippen molar-refractivity contribution in [2.45, 2.75) is 82.5 Å². The number of aliphatic hydroxyl groups is 2. The van der Waals surface area contributed by atoms with Crippen LogP contribution in [0.15, 0.2) is 6.33 Å². The summed E-state index contributed by atoms with van der Waals surface area (Å²) in [6, 6.07) is 0.172. The molecule has 5 atom stereocenters. The summed E-state index contributed by atoms with van der Waals surface area (Å²) in [6.07, 6.45) is 5.68. The van der Waals surface area contributed by atoms with Gasteiger partial charge in [-0.1, -0.05) is 25.7 Å². The number of anilines is 3. The van der Waals surface area contributed by atoms with Crippen molar-refractivity contribution in [3.63, 3.8) is 0 Å². The second-order valence-electron chi connectivity index (χ2n) is 8.43. The molecule has 1 aromatic heterocycles. The Morgan fingerprint density at radius 3 is 2.52 bits per heavy atom. The number of hydrogen-bond acceptors (Lipinski definition) is 11. The minimum absolute atomic E-state index is 0.172. The fourth-order valence-corrected chi connectivity index (χ4v) is 4.29. The summed E-state index contributed by atoms with van der Waals surface area (Å²) >= 11 is 0. The van der Waals surface area contributed by atoms with Crippen LogP contribution in [0, 0.1) is 0 Å². The number of nitrogens with one attached hydrogen (secondary N) is 1. The van der Waals surface area contributed by atoms with Crippen molar-refractivity contribution in [1.82, 2.24) is 15.4 Å². The normalized spacial score (nSPS) is 26.5. The van der Waals surface area contributed by atoms with Crippen LogP contribution in [0.5, 0.6) is 0 Å². The Bertz CT molecular complexity index is 696. The first-order valence-corrected chi connectivity index (χ1v) is 11.3. The summed E-state index contributed by atoms with van der Waals surface area (Å²) in [5, 5.41) is 22.5. The summed E-state index contributed by atoms with van der Waals surface area (Å²) in [6.45, 7) is 3.42. The minimum atomic E-state index is -1.05. The Balaban J connectivity index is 1.68. The van der Waals surface area contributed by atoms with Crippen molar-refractivity contribution in [3.8, 4) is 0 Å². The first-order chi connectivity index (χ1) is 15.0. The topological polar surface area (TPSA) is 172 Å². The lowest BCUT2D eigenvalue weighted by molar-refractivity contribution is 0.0149. The lowest BCUT2D eigenvalue weighted by atomic mass is 10.0. The van der Waals surface area contributed by atoms with E-state index in [0.29, 0.717) is 30.5 Å². The number of unbranched alkanes of at least 4 members (excludes halogenated alkanes) is 4. The number of aliphatic hydroxyl groups excluding tert-OH is 2. The Hall–Kier alpha value is -1.76. The zero-order valence-corrected chi connectivity index (χ0v) is 18.4. The standard InChI is InChI=1S/C20H38N8O3/c1-13-16(29)17(30)20(31-13)27-12-28(15-18(23)24-11-25-19(15)27)26-14(8-10-22)7-5-3-2-4-6-9-21/h11,13-14,16-17,20,26,29-30H,2-10,12,21-22H2,1H3,(H2,23,24,25)/t13-,14?,16?,17?,20-/m1/s1. The molecule has 0 aromatic carbocycles. The van der Waals surface area contributed by atoms with Gasteiger partial charge in [0.1, 0.15) is 30.9 Å². The number of hydrogen-bond donors (Lipinski definition) is 6. The molecule has 1 fully saturated rings. The molecule has 0 spiro atoms. The van der Waals surface area contributed by atoms with E-state index in [4.69, 9.17) is 21.9 Å². The van der Waals surface area contributed by atoms with Crippen LogP contribution in [-0.4, -0.2) is 70.5 Å². The van der Waals surface area contributed by atoms with E-state index in [9.17, 15) is 10.2 Å². The van der Waals surface area contributed by atoms with Gasteiger partial charge in [-0.3, -0.25) is 5.01 Å². The predicted octanol–water partition coefficient (Wildman–Crippen LogP) is -0.369. The second-order valence-corrected chi connectivity index (χ2v) is 8.43. The zero-order valence-electron chi connectivity index (χ0n) is 18.4.